The van der Waals surface area contributed by atoms with Gasteiger partial charge in [-0.15, -0.1) is 0 Å². The number of nitrogens with zero attached hydrogens (tertiary/aromatic N) is 2. The van der Waals surface area contributed by atoms with Crippen molar-refractivity contribution in [1.29, 1.82) is 0 Å². The van der Waals surface area contributed by atoms with Crippen LogP contribution in [0.3, 0.4) is 0 Å². The zero-order valence-electron chi connectivity index (χ0n) is 40.3. The quantitative estimate of drug-likeness (QED) is 0.147. The molecule has 2 aliphatic rings. The Hall–Kier alpha value is -8.98. The number of hydrogen-bond donors (Lipinski definition) is 0. The van der Waals surface area contributed by atoms with Crippen LogP contribution in [0.4, 0.5) is 17.1 Å². The highest BCUT2D eigenvalue weighted by atomic mass is 15.1. The van der Waals surface area contributed by atoms with Gasteiger partial charge in [0.25, 0.3) is 0 Å². The molecule has 2 heteroatoms. The summed E-state index contributed by atoms with van der Waals surface area (Å²) in [6.45, 7) is 4.73. The molecule has 11 aromatic carbocycles. The first-order valence-corrected chi connectivity index (χ1v) is 25.2. The van der Waals surface area contributed by atoms with Crippen LogP contribution < -0.4 is 4.90 Å². The summed E-state index contributed by atoms with van der Waals surface area (Å²) >= 11 is 0. The molecule has 1 atom stereocenters. The lowest BCUT2D eigenvalue weighted by Crippen LogP contribution is -2.28. The minimum absolute atomic E-state index is 0.125. The monoisotopic (exact) mass is 918 g/mol. The summed E-state index contributed by atoms with van der Waals surface area (Å²) in [5, 5.41) is 2.45. The zero-order chi connectivity index (χ0) is 48.0. The van der Waals surface area contributed by atoms with Gasteiger partial charge in [-0.3, -0.25) is 0 Å². The van der Waals surface area contributed by atoms with Crippen LogP contribution >= 0.6 is 0 Å². The Bertz CT molecular complexity index is 4000. The van der Waals surface area contributed by atoms with Crippen LogP contribution in [-0.4, -0.2) is 4.57 Å². The van der Waals surface area contributed by atoms with Crippen molar-refractivity contribution in [3.8, 4) is 50.2 Å². The van der Waals surface area contributed by atoms with E-state index < -0.39 is 5.41 Å². The van der Waals surface area contributed by atoms with Gasteiger partial charge in [-0.05, 0) is 151 Å². The van der Waals surface area contributed by atoms with Gasteiger partial charge in [-0.25, -0.2) is 0 Å². The topological polar surface area (TPSA) is 8.17 Å². The average Bonchev–Trinajstić information content (AvgIpc) is 4.02. The molecule has 12 aromatic rings. The highest BCUT2D eigenvalue weighted by molar-refractivity contribution is 6.10. The molecule has 1 unspecified atom stereocenters. The average molecular weight is 919 g/mol. The third-order valence-corrected chi connectivity index (χ3v) is 15.8. The van der Waals surface area contributed by atoms with Gasteiger partial charge in [0, 0.05) is 38.9 Å². The maximum Gasteiger partial charge on any atom is 0.0714 e. The fourth-order valence-electron chi connectivity index (χ4n) is 12.6. The summed E-state index contributed by atoms with van der Waals surface area (Å²) in [6.07, 6.45) is 0. The van der Waals surface area contributed by atoms with Crippen molar-refractivity contribution in [2.45, 2.75) is 24.7 Å². The van der Waals surface area contributed by atoms with Crippen LogP contribution in [0.5, 0.6) is 0 Å². The molecule has 0 fully saturated rings. The SMILES string of the molecule is CC1(C)c2ccccc2-c2ccc(N(c3ccccc3)c3ccc4c5ccccc5n(-c5ccc6c(c5)-c5ccccc5C6(c5ccccc5)c5cc(-c6ccccc6)cc(-c6ccccc6)c5)c4c3)cc21. The Balaban J connectivity index is 0.987. The van der Waals surface area contributed by atoms with Gasteiger partial charge in [-0.1, -0.05) is 208 Å². The van der Waals surface area contributed by atoms with Crippen molar-refractivity contribution in [1.82, 2.24) is 4.57 Å². The van der Waals surface area contributed by atoms with Crippen molar-refractivity contribution >= 4 is 38.9 Å². The molecule has 340 valence electrons. The lowest BCUT2D eigenvalue weighted by molar-refractivity contribution is 0.660. The number of anilines is 3. The molecule has 0 saturated carbocycles. The largest absolute Gasteiger partial charge is 0.310 e. The Labute approximate surface area is 421 Å². The first-order valence-electron chi connectivity index (χ1n) is 25.2. The van der Waals surface area contributed by atoms with E-state index in [2.05, 4.69) is 290 Å². The number of hydrogen-bond acceptors (Lipinski definition) is 1. The molecule has 0 bridgehead atoms. The van der Waals surface area contributed by atoms with Crippen LogP contribution in [-0.2, 0) is 10.8 Å². The summed E-state index contributed by atoms with van der Waals surface area (Å²) in [5.41, 5.74) is 23.8. The number of aromatic nitrogens is 1. The number of fused-ring (bicyclic) bond motifs is 9. The molecular weight excluding hydrogens is 869 g/mol. The minimum Gasteiger partial charge on any atom is -0.310 e. The summed E-state index contributed by atoms with van der Waals surface area (Å²) in [7, 11) is 0. The number of para-hydroxylation sites is 2. The lowest BCUT2D eigenvalue weighted by atomic mass is 9.67. The standard InChI is InChI=1S/C70H50N2/c1-69(2)63-32-18-15-29-57(63)59-38-35-55(45-66(59)69)71(53-27-13-6-14-28-53)56-36-39-61-60-31-17-20-34-67(60)72(68(61)46-56)54-37-40-65-62(44-54)58-30-16-19-33-64(58)70(65,51-25-11-5-12-26-51)52-42-49(47-21-7-3-8-22-47)41-50(43-52)48-23-9-4-10-24-48/h3-46H,1-2H3. The van der Waals surface area contributed by atoms with Crippen LogP contribution in [0, 0.1) is 0 Å². The van der Waals surface area contributed by atoms with E-state index in [0.717, 1.165) is 28.3 Å². The third kappa shape index (κ3) is 6.28. The van der Waals surface area contributed by atoms with E-state index >= 15 is 0 Å². The lowest BCUT2D eigenvalue weighted by Gasteiger charge is -2.34. The molecule has 0 amide bonds. The maximum absolute atomic E-state index is 2.49. The van der Waals surface area contributed by atoms with Crippen molar-refractivity contribution in [2.75, 3.05) is 4.90 Å². The van der Waals surface area contributed by atoms with Gasteiger partial charge >= 0.3 is 0 Å². The zero-order valence-corrected chi connectivity index (χ0v) is 40.3. The number of rotatable bonds is 8. The fourth-order valence-corrected chi connectivity index (χ4v) is 12.6. The summed E-state index contributed by atoms with van der Waals surface area (Å²) in [6, 6.07) is 99.2. The van der Waals surface area contributed by atoms with E-state index in [1.807, 2.05) is 0 Å². The van der Waals surface area contributed by atoms with Crippen LogP contribution in [0.2, 0.25) is 0 Å². The van der Waals surface area contributed by atoms with Crippen molar-refractivity contribution in [2.24, 2.45) is 0 Å². The molecule has 1 heterocycles. The van der Waals surface area contributed by atoms with E-state index in [9.17, 15) is 0 Å². The van der Waals surface area contributed by atoms with E-state index in [0.29, 0.717) is 0 Å². The molecule has 14 rings (SSSR count). The van der Waals surface area contributed by atoms with Gasteiger partial charge in [0.2, 0.25) is 0 Å². The second-order valence-electron chi connectivity index (χ2n) is 20.0. The second kappa shape index (κ2) is 16.3. The first kappa shape index (κ1) is 41.9. The molecule has 0 aliphatic heterocycles. The second-order valence-corrected chi connectivity index (χ2v) is 20.0. The molecule has 0 N–H and O–H groups in total. The minimum atomic E-state index is -0.601. The molecule has 0 saturated heterocycles. The smallest absolute Gasteiger partial charge is 0.0714 e. The molecule has 0 spiro atoms. The molecule has 2 aliphatic carbocycles. The van der Waals surface area contributed by atoms with Gasteiger partial charge in [0.1, 0.15) is 0 Å². The Morgan fingerprint density at radius 1 is 0.306 bits per heavy atom. The Morgan fingerprint density at radius 2 is 0.833 bits per heavy atom. The summed E-state index contributed by atoms with van der Waals surface area (Å²) < 4.78 is 2.49. The summed E-state index contributed by atoms with van der Waals surface area (Å²) in [5.74, 6) is 0. The molecule has 2 nitrogen and oxygen atoms in total. The van der Waals surface area contributed by atoms with Crippen molar-refractivity contribution in [3.05, 3.63) is 300 Å². The van der Waals surface area contributed by atoms with Crippen molar-refractivity contribution in [3.63, 3.8) is 0 Å². The molecule has 0 radical (unpaired) electrons. The highest BCUT2D eigenvalue weighted by Gasteiger charge is 2.46. The van der Waals surface area contributed by atoms with Gasteiger partial charge < -0.3 is 9.47 Å². The maximum atomic E-state index is 2.49. The van der Waals surface area contributed by atoms with Gasteiger partial charge in [0.15, 0.2) is 0 Å². The third-order valence-electron chi connectivity index (χ3n) is 15.8. The predicted molar refractivity (Wildman–Crippen MR) is 301 cm³/mol. The molecular formula is C70H50N2. The predicted octanol–water partition coefficient (Wildman–Crippen LogP) is 18.3. The van der Waals surface area contributed by atoms with Crippen LogP contribution in [0.25, 0.3) is 72.0 Å². The molecule has 1 aromatic heterocycles. The van der Waals surface area contributed by atoms with Gasteiger partial charge in [0.05, 0.1) is 16.4 Å². The van der Waals surface area contributed by atoms with E-state index in [-0.39, 0.29) is 5.41 Å². The van der Waals surface area contributed by atoms with E-state index in [4.69, 9.17) is 0 Å². The van der Waals surface area contributed by atoms with Crippen molar-refractivity contribution < 1.29 is 0 Å². The van der Waals surface area contributed by atoms with Gasteiger partial charge in [-0.2, -0.15) is 0 Å². The Morgan fingerprint density at radius 3 is 1.54 bits per heavy atom. The summed E-state index contributed by atoms with van der Waals surface area (Å²) in [4.78, 5) is 2.43. The van der Waals surface area contributed by atoms with Crippen LogP contribution in [0.1, 0.15) is 47.2 Å². The number of benzene rings is 11. The normalized spacial score (nSPS) is 15.0. The van der Waals surface area contributed by atoms with Crippen LogP contribution in [0.15, 0.2) is 267 Å². The first-order chi connectivity index (χ1) is 35.5. The Kier molecular flexibility index (Phi) is 9.50. The van der Waals surface area contributed by atoms with E-state index in [1.165, 1.54) is 94.2 Å². The van der Waals surface area contributed by atoms with E-state index in [1.54, 1.807) is 0 Å². The fraction of sp³-hybridized carbons (Fsp3) is 0.0571. The molecule has 72 heavy (non-hydrogen) atoms. The highest BCUT2D eigenvalue weighted by Crippen LogP contribution is 2.58.